The molecule has 2 heterocycles. The number of nitrogens with one attached hydrogen (secondary N) is 1. The summed E-state index contributed by atoms with van der Waals surface area (Å²) >= 11 is 0. The lowest BCUT2D eigenvalue weighted by Crippen LogP contribution is -2.31. The quantitative estimate of drug-likeness (QED) is 0.859. The summed E-state index contributed by atoms with van der Waals surface area (Å²) in [6.45, 7) is 2.50. The van der Waals surface area contributed by atoms with Crippen LogP contribution < -0.4 is 10.1 Å². The van der Waals surface area contributed by atoms with Crippen molar-refractivity contribution in [1.29, 1.82) is 0 Å². The van der Waals surface area contributed by atoms with Gasteiger partial charge in [-0.25, -0.2) is 0 Å². The molecule has 1 saturated heterocycles. The fourth-order valence-corrected chi connectivity index (χ4v) is 3.25. The first-order valence-corrected chi connectivity index (χ1v) is 9.37. The highest BCUT2D eigenvalue weighted by Crippen LogP contribution is 2.16. The summed E-state index contributed by atoms with van der Waals surface area (Å²) in [5.41, 5.74) is 2.79. The number of rotatable bonds is 6. The number of carbonyl (C=O) groups excluding carboxylic acids is 1. The van der Waals surface area contributed by atoms with E-state index in [-0.39, 0.29) is 5.91 Å². The van der Waals surface area contributed by atoms with Gasteiger partial charge < -0.3 is 15.0 Å². The molecule has 0 aliphatic carbocycles. The Bertz CT molecular complexity index is 707. The molecule has 0 radical (unpaired) electrons. The molecule has 26 heavy (non-hydrogen) atoms. The lowest BCUT2D eigenvalue weighted by molar-refractivity contribution is 0.0761. The molecule has 0 bridgehead atoms. The summed E-state index contributed by atoms with van der Waals surface area (Å²) in [6.07, 6.45) is 8.96. The van der Waals surface area contributed by atoms with Crippen LogP contribution in [0.25, 0.3) is 0 Å². The summed E-state index contributed by atoms with van der Waals surface area (Å²) in [6, 6.07) is 9.99. The third-order valence-electron chi connectivity index (χ3n) is 4.78. The molecule has 0 atom stereocenters. The average molecular weight is 353 g/mol. The Kier molecular flexibility index (Phi) is 6.47. The molecule has 1 aromatic carbocycles. The Hall–Kier alpha value is -2.56. The van der Waals surface area contributed by atoms with Gasteiger partial charge in [0, 0.05) is 32.0 Å². The number of hydrogen-bond acceptors (Lipinski definition) is 4. The lowest BCUT2D eigenvalue weighted by atomic mass is 10.1. The highest BCUT2D eigenvalue weighted by molar-refractivity contribution is 5.94. The number of anilines is 1. The molecule has 5 heteroatoms. The van der Waals surface area contributed by atoms with Gasteiger partial charge in [0.1, 0.15) is 5.75 Å². The van der Waals surface area contributed by atoms with Crippen LogP contribution in [0.4, 0.5) is 5.69 Å². The predicted molar refractivity (Wildman–Crippen MR) is 104 cm³/mol. The van der Waals surface area contributed by atoms with Crippen LogP contribution in [-0.4, -0.2) is 42.5 Å². The minimum atomic E-state index is 0.0956. The molecule has 0 unspecified atom stereocenters. The Morgan fingerprint density at radius 1 is 1.12 bits per heavy atom. The number of aromatic nitrogens is 1. The largest absolute Gasteiger partial charge is 0.497 e. The van der Waals surface area contributed by atoms with Crippen molar-refractivity contribution in [2.24, 2.45) is 0 Å². The summed E-state index contributed by atoms with van der Waals surface area (Å²) < 4.78 is 5.18. The van der Waals surface area contributed by atoms with E-state index in [1.807, 2.05) is 23.1 Å². The molecule has 138 valence electrons. The van der Waals surface area contributed by atoms with Gasteiger partial charge in [-0.3, -0.25) is 9.78 Å². The van der Waals surface area contributed by atoms with Crippen LogP contribution >= 0.6 is 0 Å². The van der Waals surface area contributed by atoms with E-state index in [1.54, 1.807) is 19.5 Å². The molecule has 5 nitrogen and oxygen atoms in total. The zero-order valence-corrected chi connectivity index (χ0v) is 15.4. The van der Waals surface area contributed by atoms with Crippen LogP contribution in [-0.2, 0) is 6.42 Å². The van der Waals surface area contributed by atoms with E-state index in [2.05, 4.69) is 22.4 Å². The second-order valence-corrected chi connectivity index (χ2v) is 6.69. The predicted octanol–water partition coefficient (Wildman–Crippen LogP) is 3.76. The molecule has 2 aromatic rings. The van der Waals surface area contributed by atoms with Crippen LogP contribution in [0.15, 0.2) is 42.7 Å². The molecular formula is C21H27N3O2. The molecular weight excluding hydrogens is 326 g/mol. The molecule has 1 amide bonds. The van der Waals surface area contributed by atoms with Gasteiger partial charge in [-0.2, -0.15) is 0 Å². The number of hydrogen-bond donors (Lipinski definition) is 1. The van der Waals surface area contributed by atoms with E-state index in [4.69, 9.17) is 4.74 Å². The van der Waals surface area contributed by atoms with Crippen molar-refractivity contribution in [2.75, 3.05) is 32.1 Å². The minimum Gasteiger partial charge on any atom is -0.497 e. The minimum absolute atomic E-state index is 0.0956. The molecule has 0 spiro atoms. The van der Waals surface area contributed by atoms with Gasteiger partial charge in [-0.05, 0) is 43.0 Å². The van der Waals surface area contributed by atoms with E-state index >= 15 is 0 Å². The number of carbonyl (C=O) groups is 1. The third kappa shape index (κ3) is 4.97. The normalized spacial score (nSPS) is 14.6. The first kappa shape index (κ1) is 18.2. The standard InChI is InChI=1S/C21H27N3O2/c1-26-20-8-6-17(7-9-20)10-11-23-19-14-18(15-22-16-19)21(25)24-12-4-2-3-5-13-24/h6-9,14-16,23H,2-5,10-13H2,1H3. The van der Waals surface area contributed by atoms with Crippen molar-refractivity contribution < 1.29 is 9.53 Å². The molecule has 0 saturated carbocycles. The van der Waals surface area contributed by atoms with Crippen molar-refractivity contribution in [3.63, 3.8) is 0 Å². The maximum absolute atomic E-state index is 12.7. The van der Waals surface area contributed by atoms with Crippen LogP contribution in [0.2, 0.25) is 0 Å². The van der Waals surface area contributed by atoms with Gasteiger partial charge in [0.05, 0.1) is 18.4 Å². The highest BCUT2D eigenvalue weighted by atomic mass is 16.5. The van der Waals surface area contributed by atoms with Crippen molar-refractivity contribution in [3.05, 3.63) is 53.9 Å². The average Bonchev–Trinajstić information content (AvgIpc) is 2.98. The molecule has 1 aromatic heterocycles. The Morgan fingerprint density at radius 3 is 2.54 bits per heavy atom. The van der Waals surface area contributed by atoms with Crippen LogP contribution in [0.5, 0.6) is 5.75 Å². The zero-order chi connectivity index (χ0) is 18.2. The van der Waals surface area contributed by atoms with Gasteiger partial charge in [0.2, 0.25) is 0 Å². The lowest BCUT2D eigenvalue weighted by Gasteiger charge is -2.20. The number of nitrogens with zero attached hydrogens (tertiary/aromatic N) is 2. The van der Waals surface area contributed by atoms with Crippen LogP contribution in [0.1, 0.15) is 41.6 Å². The second-order valence-electron chi connectivity index (χ2n) is 6.69. The van der Waals surface area contributed by atoms with Crippen molar-refractivity contribution in [1.82, 2.24) is 9.88 Å². The first-order valence-electron chi connectivity index (χ1n) is 9.37. The van der Waals surface area contributed by atoms with E-state index in [0.717, 1.165) is 50.3 Å². The van der Waals surface area contributed by atoms with E-state index in [0.29, 0.717) is 5.56 Å². The Labute approximate surface area is 155 Å². The van der Waals surface area contributed by atoms with E-state index in [1.165, 1.54) is 18.4 Å². The highest BCUT2D eigenvalue weighted by Gasteiger charge is 2.17. The van der Waals surface area contributed by atoms with Crippen molar-refractivity contribution >= 4 is 11.6 Å². The molecule has 1 aliphatic rings. The third-order valence-corrected chi connectivity index (χ3v) is 4.78. The topological polar surface area (TPSA) is 54.5 Å². The van der Waals surface area contributed by atoms with E-state index in [9.17, 15) is 4.79 Å². The van der Waals surface area contributed by atoms with E-state index < -0.39 is 0 Å². The number of amides is 1. The molecule has 3 rings (SSSR count). The fraction of sp³-hybridized carbons (Fsp3) is 0.429. The fourth-order valence-electron chi connectivity index (χ4n) is 3.25. The molecule has 1 aliphatic heterocycles. The SMILES string of the molecule is COc1ccc(CCNc2cncc(C(=O)N3CCCCCC3)c2)cc1. The summed E-state index contributed by atoms with van der Waals surface area (Å²) in [7, 11) is 1.67. The summed E-state index contributed by atoms with van der Waals surface area (Å²) in [4.78, 5) is 18.9. The summed E-state index contributed by atoms with van der Waals surface area (Å²) in [5.74, 6) is 0.962. The van der Waals surface area contributed by atoms with Gasteiger partial charge in [0.25, 0.3) is 5.91 Å². The summed E-state index contributed by atoms with van der Waals surface area (Å²) in [5, 5.41) is 3.37. The van der Waals surface area contributed by atoms with Crippen molar-refractivity contribution in [2.45, 2.75) is 32.1 Å². The van der Waals surface area contributed by atoms with Gasteiger partial charge in [-0.15, -0.1) is 0 Å². The molecule has 1 fully saturated rings. The Morgan fingerprint density at radius 2 is 1.85 bits per heavy atom. The van der Waals surface area contributed by atoms with Gasteiger partial charge >= 0.3 is 0 Å². The maximum Gasteiger partial charge on any atom is 0.255 e. The smallest absolute Gasteiger partial charge is 0.255 e. The number of methoxy groups -OCH3 is 1. The van der Waals surface area contributed by atoms with Crippen LogP contribution in [0, 0.1) is 0 Å². The van der Waals surface area contributed by atoms with Crippen LogP contribution in [0.3, 0.4) is 0 Å². The van der Waals surface area contributed by atoms with Gasteiger partial charge in [-0.1, -0.05) is 25.0 Å². The monoisotopic (exact) mass is 353 g/mol. The maximum atomic E-state index is 12.7. The molecule has 1 N–H and O–H groups in total. The number of pyridine rings is 1. The number of ether oxygens (including phenoxy) is 1. The second kappa shape index (κ2) is 9.22. The Balaban J connectivity index is 1.55. The number of likely N-dealkylation sites (tertiary alicyclic amines) is 1. The number of benzene rings is 1. The zero-order valence-electron chi connectivity index (χ0n) is 15.4. The van der Waals surface area contributed by atoms with Gasteiger partial charge in [0.15, 0.2) is 0 Å². The first-order chi connectivity index (χ1) is 12.8. The van der Waals surface area contributed by atoms with Crippen molar-refractivity contribution in [3.8, 4) is 5.75 Å².